The minimum atomic E-state index is -0.577. The number of nitro benzene ring substituents is 1. The van der Waals surface area contributed by atoms with Gasteiger partial charge in [-0.3, -0.25) is 14.9 Å². The molecule has 1 heterocycles. The molecule has 0 unspecified atom stereocenters. The molecule has 2 aromatic carbocycles. The second kappa shape index (κ2) is 5.77. The van der Waals surface area contributed by atoms with Crippen molar-refractivity contribution in [1.29, 1.82) is 0 Å². The van der Waals surface area contributed by atoms with Crippen LogP contribution in [0.1, 0.15) is 5.56 Å². The van der Waals surface area contributed by atoms with Crippen LogP contribution in [0.4, 0.5) is 10.1 Å². The second-order valence-electron chi connectivity index (χ2n) is 5.17. The highest BCUT2D eigenvalue weighted by Crippen LogP contribution is 2.33. The number of halogens is 1. The van der Waals surface area contributed by atoms with E-state index < -0.39 is 10.7 Å². The van der Waals surface area contributed by atoms with Crippen molar-refractivity contribution in [3.8, 4) is 17.1 Å². The minimum Gasteiger partial charge on any atom is -0.490 e. The van der Waals surface area contributed by atoms with Gasteiger partial charge in [-0.05, 0) is 37.3 Å². The third-order valence-electron chi connectivity index (χ3n) is 3.72. The van der Waals surface area contributed by atoms with E-state index >= 15 is 0 Å². The highest BCUT2D eigenvalue weighted by molar-refractivity contribution is 5.80. The third kappa shape index (κ3) is 2.50. The minimum absolute atomic E-state index is 0.103. The summed E-state index contributed by atoms with van der Waals surface area (Å²) in [6.07, 6.45) is 0. The quantitative estimate of drug-likeness (QED) is 0.539. The largest absolute Gasteiger partial charge is 0.490 e. The molecule has 6 nitrogen and oxygen atoms in total. The number of methoxy groups -OCH3 is 1. The number of rotatable bonds is 3. The van der Waals surface area contributed by atoms with Gasteiger partial charge in [0, 0.05) is 17.2 Å². The number of nitrogens with zero attached hydrogens (tertiary/aromatic N) is 1. The Hall–Kier alpha value is -3.22. The van der Waals surface area contributed by atoms with Crippen LogP contribution in [0.2, 0.25) is 0 Å². The zero-order valence-electron chi connectivity index (χ0n) is 12.8. The summed E-state index contributed by atoms with van der Waals surface area (Å²) in [5.41, 5.74) is 0.192. The van der Waals surface area contributed by atoms with Crippen LogP contribution >= 0.6 is 0 Å². The Bertz CT molecular complexity index is 1030. The summed E-state index contributed by atoms with van der Waals surface area (Å²) in [6, 6.07) is 7.91. The number of hydrogen-bond acceptors (Lipinski definition) is 5. The summed E-state index contributed by atoms with van der Waals surface area (Å²) >= 11 is 0. The first-order chi connectivity index (χ1) is 11.4. The van der Waals surface area contributed by atoms with Crippen LogP contribution in [0.3, 0.4) is 0 Å². The van der Waals surface area contributed by atoms with Crippen molar-refractivity contribution in [2.24, 2.45) is 0 Å². The van der Waals surface area contributed by atoms with E-state index in [0.717, 1.165) is 6.07 Å². The summed E-state index contributed by atoms with van der Waals surface area (Å²) in [7, 11) is 1.33. The molecule has 24 heavy (non-hydrogen) atoms. The van der Waals surface area contributed by atoms with Crippen molar-refractivity contribution in [1.82, 2.24) is 0 Å². The molecule has 0 aliphatic carbocycles. The fourth-order valence-corrected chi connectivity index (χ4v) is 2.51. The smallest absolute Gasteiger partial charge is 0.311 e. The Balaban J connectivity index is 2.29. The summed E-state index contributed by atoms with van der Waals surface area (Å²) in [4.78, 5) is 23.0. The van der Waals surface area contributed by atoms with Crippen LogP contribution in [0.5, 0.6) is 5.75 Å². The molecule has 0 atom stereocenters. The fourth-order valence-electron chi connectivity index (χ4n) is 2.51. The Labute approximate surface area is 135 Å². The van der Waals surface area contributed by atoms with E-state index in [1.54, 1.807) is 6.07 Å². The van der Waals surface area contributed by atoms with Gasteiger partial charge >= 0.3 is 5.69 Å². The van der Waals surface area contributed by atoms with Crippen molar-refractivity contribution in [2.45, 2.75) is 6.92 Å². The molecular formula is C17H12FNO5. The second-order valence-corrected chi connectivity index (χ2v) is 5.17. The van der Waals surface area contributed by atoms with E-state index in [1.165, 1.54) is 38.3 Å². The van der Waals surface area contributed by atoms with Gasteiger partial charge in [0.2, 0.25) is 0 Å². The molecule has 0 spiro atoms. The normalized spacial score (nSPS) is 10.8. The summed E-state index contributed by atoms with van der Waals surface area (Å²) in [5.74, 6) is -0.237. The van der Waals surface area contributed by atoms with Gasteiger partial charge in [0.25, 0.3) is 0 Å². The summed E-state index contributed by atoms with van der Waals surface area (Å²) in [5, 5.41) is 11.3. The Morgan fingerprint density at radius 2 is 1.96 bits per heavy atom. The average Bonchev–Trinajstić information content (AvgIpc) is 2.58. The standard InChI is InChI=1S/C17H12FNO5/c1-9-16(20)12-8-11(18)4-6-14(12)24-17(9)10-3-5-15(23-2)13(7-10)19(21)22/h3-8H,1-2H3. The molecule has 0 aliphatic heterocycles. The highest BCUT2D eigenvalue weighted by atomic mass is 19.1. The molecule has 0 fully saturated rings. The lowest BCUT2D eigenvalue weighted by Gasteiger charge is -2.08. The molecular weight excluding hydrogens is 317 g/mol. The topological polar surface area (TPSA) is 82.6 Å². The van der Waals surface area contributed by atoms with Crippen LogP contribution in [0.25, 0.3) is 22.3 Å². The molecule has 3 rings (SSSR count). The molecule has 0 amide bonds. The number of nitro groups is 1. The number of benzene rings is 2. The van der Waals surface area contributed by atoms with Crippen LogP contribution < -0.4 is 10.2 Å². The van der Waals surface area contributed by atoms with Crippen molar-refractivity contribution in [3.63, 3.8) is 0 Å². The zero-order chi connectivity index (χ0) is 17.4. The summed E-state index contributed by atoms with van der Waals surface area (Å²) < 4.78 is 24.0. The molecule has 1 aromatic heterocycles. The van der Waals surface area contributed by atoms with E-state index in [4.69, 9.17) is 9.15 Å². The van der Waals surface area contributed by atoms with Crippen molar-refractivity contribution in [3.05, 3.63) is 68.1 Å². The van der Waals surface area contributed by atoms with Crippen molar-refractivity contribution < 1.29 is 18.5 Å². The first kappa shape index (κ1) is 15.7. The highest BCUT2D eigenvalue weighted by Gasteiger charge is 2.19. The van der Waals surface area contributed by atoms with Crippen LogP contribution in [-0.4, -0.2) is 12.0 Å². The first-order valence-corrected chi connectivity index (χ1v) is 6.98. The number of fused-ring (bicyclic) bond motifs is 1. The van der Waals surface area contributed by atoms with Crippen LogP contribution in [0.15, 0.2) is 45.6 Å². The van der Waals surface area contributed by atoms with Gasteiger partial charge in [0.15, 0.2) is 11.2 Å². The lowest BCUT2D eigenvalue weighted by Crippen LogP contribution is -2.07. The van der Waals surface area contributed by atoms with E-state index in [0.29, 0.717) is 5.56 Å². The van der Waals surface area contributed by atoms with Gasteiger partial charge in [0.1, 0.15) is 17.2 Å². The van der Waals surface area contributed by atoms with Gasteiger partial charge in [-0.1, -0.05) is 0 Å². The molecule has 0 aliphatic rings. The fraction of sp³-hybridized carbons (Fsp3) is 0.118. The summed E-state index contributed by atoms with van der Waals surface area (Å²) in [6.45, 7) is 1.53. The molecule has 3 aromatic rings. The van der Waals surface area contributed by atoms with Gasteiger partial charge < -0.3 is 9.15 Å². The predicted molar refractivity (Wildman–Crippen MR) is 85.8 cm³/mol. The predicted octanol–water partition coefficient (Wildman–Crippen LogP) is 3.82. The number of ether oxygens (including phenoxy) is 1. The molecule has 122 valence electrons. The van der Waals surface area contributed by atoms with E-state index in [9.17, 15) is 19.3 Å². The third-order valence-corrected chi connectivity index (χ3v) is 3.72. The molecule has 7 heteroatoms. The molecule has 0 N–H and O–H groups in total. The first-order valence-electron chi connectivity index (χ1n) is 6.98. The SMILES string of the molecule is COc1ccc(-c2oc3ccc(F)cc3c(=O)c2C)cc1[N+](=O)[O-]. The number of hydrogen-bond donors (Lipinski definition) is 0. The monoisotopic (exact) mass is 329 g/mol. The maximum Gasteiger partial charge on any atom is 0.311 e. The average molecular weight is 329 g/mol. The lowest BCUT2D eigenvalue weighted by atomic mass is 10.0. The maximum absolute atomic E-state index is 13.3. The van der Waals surface area contributed by atoms with Gasteiger partial charge in [-0.2, -0.15) is 0 Å². The molecule has 0 saturated carbocycles. The molecule has 0 radical (unpaired) electrons. The zero-order valence-corrected chi connectivity index (χ0v) is 12.8. The van der Waals surface area contributed by atoms with Gasteiger partial charge in [-0.25, -0.2) is 4.39 Å². The van der Waals surface area contributed by atoms with Gasteiger partial charge in [0.05, 0.1) is 17.4 Å². The molecule has 0 saturated heterocycles. The molecule has 0 bridgehead atoms. The van der Waals surface area contributed by atoms with Gasteiger partial charge in [-0.15, -0.1) is 0 Å². The van der Waals surface area contributed by atoms with E-state index in [1.807, 2.05) is 0 Å². The maximum atomic E-state index is 13.3. The van der Waals surface area contributed by atoms with E-state index in [2.05, 4.69) is 0 Å². The van der Waals surface area contributed by atoms with E-state index in [-0.39, 0.29) is 39.2 Å². The van der Waals surface area contributed by atoms with Crippen LogP contribution in [0, 0.1) is 22.9 Å². The Morgan fingerprint density at radius 3 is 2.62 bits per heavy atom. The lowest BCUT2D eigenvalue weighted by molar-refractivity contribution is -0.385. The van der Waals surface area contributed by atoms with Crippen molar-refractivity contribution >= 4 is 16.7 Å². The van der Waals surface area contributed by atoms with Crippen molar-refractivity contribution in [2.75, 3.05) is 7.11 Å². The Kier molecular flexibility index (Phi) is 3.76. The van der Waals surface area contributed by atoms with Crippen LogP contribution in [-0.2, 0) is 0 Å². The Morgan fingerprint density at radius 1 is 1.21 bits per heavy atom.